The molecule has 0 saturated heterocycles. The second-order valence-electron chi connectivity index (χ2n) is 2.28. The molecule has 0 aromatic carbocycles. The molecule has 1 aromatic rings. The highest BCUT2D eigenvalue weighted by Gasteiger charge is 2.05. The molecule has 0 bridgehead atoms. The number of carbonyl (C=O) groups excluding carboxylic acids is 1. The third-order valence-corrected chi connectivity index (χ3v) is 1.61. The minimum absolute atomic E-state index is 0.190. The second-order valence-corrected chi connectivity index (χ2v) is 2.65. The highest BCUT2D eigenvalue weighted by Crippen LogP contribution is 1.98. The predicted octanol–water partition coefficient (Wildman–Crippen LogP) is 1.64. The summed E-state index contributed by atoms with van der Waals surface area (Å²) < 4.78 is 4.88. The zero-order valence-electron chi connectivity index (χ0n) is 6.55. The Morgan fingerprint density at radius 1 is 1.67 bits per heavy atom. The first-order valence-electron chi connectivity index (χ1n) is 3.72. The topological polar surface area (TPSA) is 42.2 Å². The van der Waals surface area contributed by atoms with Crippen LogP contribution in [0, 0.1) is 0 Å². The molecule has 0 aliphatic carbocycles. The quantitative estimate of drug-likeness (QED) is 0.575. The number of alkyl halides is 1. The van der Waals surface area contributed by atoms with E-state index in [0.29, 0.717) is 18.2 Å². The normalized spacial score (nSPS) is 9.75. The minimum atomic E-state index is -0.190. The van der Waals surface area contributed by atoms with Gasteiger partial charge in [0.1, 0.15) is 0 Å². The Labute approximate surface area is 75.7 Å². The number of hydrogen-bond acceptors (Lipinski definition) is 2. The molecule has 4 heteroatoms. The van der Waals surface area contributed by atoms with Crippen LogP contribution < -0.4 is 5.32 Å². The monoisotopic (exact) mass is 187 g/mol. The van der Waals surface area contributed by atoms with Gasteiger partial charge in [-0.25, -0.2) is 0 Å². The second kappa shape index (κ2) is 4.83. The lowest BCUT2D eigenvalue weighted by Crippen LogP contribution is -2.24. The average molecular weight is 188 g/mol. The Bertz CT molecular complexity index is 233. The highest BCUT2D eigenvalue weighted by molar-refractivity contribution is 6.17. The van der Waals surface area contributed by atoms with Gasteiger partial charge < -0.3 is 9.73 Å². The summed E-state index contributed by atoms with van der Waals surface area (Å²) in [6, 6.07) is 3.30. The zero-order chi connectivity index (χ0) is 8.81. The lowest BCUT2D eigenvalue weighted by Gasteiger charge is -1.99. The molecule has 0 aliphatic rings. The van der Waals surface area contributed by atoms with E-state index in [0.717, 1.165) is 6.42 Å². The van der Waals surface area contributed by atoms with E-state index in [1.807, 2.05) is 0 Å². The highest BCUT2D eigenvalue weighted by atomic mass is 35.5. The van der Waals surface area contributed by atoms with Gasteiger partial charge in [-0.3, -0.25) is 4.79 Å². The van der Waals surface area contributed by atoms with Gasteiger partial charge in [-0.1, -0.05) is 0 Å². The fourth-order valence-electron chi connectivity index (χ4n) is 0.764. The van der Waals surface area contributed by atoms with Crippen LogP contribution in [0.3, 0.4) is 0 Å². The van der Waals surface area contributed by atoms with Gasteiger partial charge in [0.25, 0.3) is 5.91 Å². The molecule has 1 rings (SSSR count). The summed E-state index contributed by atoms with van der Waals surface area (Å²) in [4.78, 5) is 11.1. The van der Waals surface area contributed by atoms with Crippen LogP contribution in [0.25, 0.3) is 0 Å². The van der Waals surface area contributed by atoms with Crippen molar-refractivity contribution in [3.8, 4) is 0 Å². The van der Waals surface area contributed by atoms with Crippen molar-refractivity contribution in [2.75, 3.05) is 12.4 Å². The molecule has 0 fully saturated rings. The van der Waals surface area contributed by atoms with Crippen molar-refractivity contribution in [3.63, 3.8) is 0 Å². The summed E-state index contributed by atoms with van der Waals surface area (Å²) in [5.41, 5.74) is 0. The van der Waals surface area contributed by atoms with E-state index in [2.05, 4.69) is 5.32 Å². The first-order valence-corrected chi connectivity index (χ1v) is 4.25. The van der Waals surface area contributed by atoms with Crippen molar-refractivity contribution in [2.45, 2.75) is 6.42 Å². The van der Waals surface area contributed by atoms with Gasteiger partial charge in [0, 0.05) is 12.4 Å². The summed E-state index contributed by atoms with van der Waals surface area (Å²) in [7, 11) is 0. The SMILES string of the molecule is O=C(NCCCCl)c1ccco1. The van der Waals surface area contributed by atoms with Crippen molar-refractivity contribution in [1.29, 1.82) is 0 Å². The van der Waals surface area contributed by atoms with E-state index in [9.17, 15) is 4.79 Å². The number of amides is 1. The first kappa shape index (κ1) is 9.13. The van der Waals surface area contributed by atoms with E-state index in [4.69, 9.17) is 16.0 Å². The molecule has 0 aliphatic heterocycles. The van der Waals surface area contributed by atoms with Crippen LogP contribution in [-0.4, -0.2) is 18.3 Å². The van der Waals surface area contributed by atoms with Crippen molar-refractivity contribution in [1.82, 2.24) is 5.32 Å². The number of halogens is 1. The maximum atomic E-state index is 11.1. The molecule has 1 heterocycles. The Balaban J connectivity index is 2.30. The smallest absolute Gasteiger partial charge is 0.286 e. The fourth-order valence-corrected chi connectivity index (χ4v) is 0.897. The summed E-state index contributed by atoms with van der Waals surface area (Å²) in [6.45, 7) is 0.586. The number of hydrogen-bond donors (Lipinski definition) is 1. The number of carbonyl (C=O) groups is 1. The van der Waals surface area contributed by atoms with Crippen molar-refractivity contribution < 1.29 is 9.21 Å². The summed E-state index contributed by atoms with van der Waals surface area (Å²) >= 11 is 5.44. The standard InChI is InChI=1S/C8H10ClNO2/c9-4-2-5-10-8(11)7-3-1-6-12-7/h1,3,6H,2,4-5H2,(H,10,11). The Hall–Kier alpha value is -0.960. The molecule has 1 amide bonds. The Morgan fingerprint density at radius 2 is 2.50 bits per heavy atom. The molecular weight excluding hydrogens is 178 g/mol. The molecule has 0 spiro atoms. The third kappa shape index (κ3) is 2.58. The van der Waals surface area contributed by atoms with Crippen LogP contribution >= 0.6 is 11.6 Å². The maximum Gasteiger partial charge on any atom is 0.286 e. The average Bonchev–Trinajstić information content (AvgIpc) is 2.56. The predicted molar refractivity (Wildman–Crippen MR) is 46.4 cm³/mol. The van der Waals surface area contributed by atoms with Crippen LogP contribution in [0.4, 0.5) is 0 Å². The molecule has 0 radical (unpaired) electrons. The van der Waals surface area contributed by atoms with Gasteiger partial charge >= 0.3 is 0 Å². The molecule has 66 valence electrons. The number of rotatable bonds is 4. The van der Waals surface area contributed by atoms with E-state index in [-0.39, 0.29) is 5.91 Å². The number of furan rings is 1. The molecule has 0 atom stereocenters. The molecule has 3 nitrogen and oxygen atoms in total. The summed E-state index contributed by atoms with van der Waals surface area (Å²) in [5, 5.41) is 2.67. The van der Waals surface area contributed by atoms with E-state index < -0.39 is 0 Å². The molecule has 1 aromatic heterocycles. The van der Waals surface area contributed by atoms with Crippen LogP contribution in [0.2, 0.25) is 0 Å². The third-order valence-electron chi connectivity index (χ3n) is 1.34. The van der Waals surface area contributed by atoms with Crippen molar-refractivity contribution in [2.24, 2.45) is 0 Å². The van der Waals surface area contributed by atoms with Crippen molar-refractivity contribution in [3.05, 3.63) is 24.2 Å². The maximum absolute atomic E-state index is 11.1. The fraction of sp³-hybridized carbons (Fsp3) is 0.375. The lowest BCUT2D eigenvalue weighted by atomic mass is 10.4. The van der Waals surface area contributed by atoms with E-state index in [1.165, 1.54) is 6.26 Å². The van der Waals surface area contributed by atoms with Crippen LogP contribution in [0.5, 0.6) is 0 Å². The van der Waals surface area contributed by atoms with Crippen LogP contribution in [-0.2, 0) is 0 Å². The van der Waals surface area contributed by atoms with Gasteiger partial charge in [-0.2, -0.15) is 0 Å². The largest absolute Gasteiger partial charge is 0.459 e. The van der Waals surface area contributed by atoms with Gasteiger partial charge in [0.2, 0.25) is 0 Å². The minimum Gasteiger partial charge on any atom is -0.459 e. The lowest BCUT2D eigenvalue weighted by molar-refractivity contribution is 0.0926. The van der Waals surface area contributed by atoms with E-state index in [1.54, 1.807) is 12.1 Å². The number of nitrogens with one attached hydrogen (secondary N) is 1. The molecule has 0 unspecified atom stereocenters. The van der Waals surface area contributed by atoms with Gasteiger partial charge in [0.05, 0.1) is 6.26 Å². The van der Waals surface area contributed by atoms with Crippen LogP contribution in [0.1, 0.15) is 17.0 Å². The Morgan fingerprint density at radius 3 is 3.08 bits per heavy atom. The Kier molecular flexibility index (Phi) is 3.67. The van der Waals surface area contributed by atoms with Crippen LogP contribution in [0.15, 0.2) is 22.8 Å². The zero-order valence-corrected chi connectivity index (χ0v) is 7.30. The molecule has 0 saturated carbocycles. The van der Waals surface area contributed by atoms with Gasteiger partial charge in [-0.15, -0.1) is 11.6 Å². The van der Waals surface area contributed by atoms with E-state index >= 15 is 0 Å². The molecule has 12 heavy (non-hydrogen) atoms. The van der Waals surface area contributed by atoms with Gasteiger partial charge in [-0.05, 0) is 18.6 Å². The molecular formula is C8H10ClNO2. The molecule has 1 N–H and O–H groups in total. The summed E-state index contributed by atoms with van der Waals surface area (Å²) in [6.07, 6.45) is 2.24. The first-order chi connectivity index (χ1) is 5.84. The summed E-state index contributed by atoms with van der Waals surface area (Å²) in [5.74, 6) is 0.702. The van der Waals surface area contributed by atoms with Crippen molar-refractivity contribution >= 4 is 17.5 Å². The van der Waals surface area contributed by atoms with Gasteiger partial charge in [0.15, 0.2) is 5.76 Å².